The number of rotatable bonds is 4. The molecule has 0 atom stereocenters. The van der Waals surface area contributed by atoms with Gasteiger partial charge in [-0.15, -0.1) is 11.3 Å². The van der Waals surface area contributed by atoms with E-state index in [-0.39, 0.29) is 5.57 Å². The molecule has 0 aliphatic rings. The van der Waals surface area contributed by atoms with E-state index in [1.807, 2.05) is 0 Å². The van der Waals surface area contributed by atoms with Gasteiger partial charge in [-0.3, -0.25) is 9.59 Å². The number of aliphatic carboxylic acids is 1. The molecule has 3 N–H and O–H groups in total. The lowest BCUT2D eigenvalue weighted by atomic mass is 9.90. The lowest BCUT2D eigenvalue weighted by Crippen LogP contribution is -2.21. The lowest BCUT2D eigenvalue weighted by Gasteiger charge is -2.13. The SMILES string of the molecule is CC(C)(C=C([C]=O)c1csc(N)n1)C(=O)O. The molecule has 1 aromatic rings. The van der Waals surface area contributed by atoms with Crippen LogP contribution in [0.3, 0.4) is 0 Å². The number of carboxylic acids is 1. The van der Waals surface area contributed by atoms with Gasteiger partial charge in [-0.25, -0.2) is 4.98 Å². The van der Waals surface area contributed by atoms with E-state index in [4.69, 9.17) is 10.8 Å². The number of carbonyl (C=O) groups is 1. The second-order valence-corrected chi connectivity index (χ2v) is 4.65. The molecule has 16 heavy (non-hydrogen) atoms. The van der Waals surface area contributed by atoms with E-state index in [0.29, 0.717) is 10.8 Å². The van der Waals surface area contributed by atoms with Gasteiger partial charge < -0.3 is 10.8 Å². The second-order valence-electron chi connectivity index (χ2n) is 3.76. The fourth-order valence-corrected chi connectivity index (χ4v) is 1.55. The summed E-state index contributed by atoms with van der Waals surface area (Å²) in [6.45, 7) is 2.98. The van der Waals surface area contributed by atoms with Crippen LogP contribution in [-0.2, 0) is 9.59 Å². The van der Waals surface area contributed by atoms with E-state index in [2.05, 4.69) is 4.98 Å². The van der Waals surface area contributed by atoms with Gasteiger partial charge in [0.05, 0.1) is 11.1 Å². The minimum absolute atomic E-state index is 0.111. The quantitative estimate of drug-likeness (QED) is 0.773. The number of nitrogens with zero attached hydrogens (tertiary/aromatic N) is 1. The van der Waals surface area contributed by atoms with Crippen LogP contribution < -0.4 is 5.73 Å². The molecule has 0 aliphatic heterocycles. The zero-order chi connectivity index (χ0) is 12.3. The molecule has 1 rings (SSSR count). The van der Waals surface area contributed by atoms with Gasteiger partial charge in [-0.1, -0.05) is 6.08 Å². The van der Waals surface area contributed by atoms with Gasteiger partial charge in [0.15, 0.2) is 5.13 Å². The van der Waals surface area contributed by atoms with Gasteiger partial charge in [0, 0.05) is 11.0 Å². The zero-order valence-electron chi connectivity index (χ0n) is 8.85. The summed E-state index contributed by atoms with van der Waals surface area (Å²) in [4.78, 5) is 25.5. The Balaban J connectivity index is 3.13. The number of nitrogens with two attached hydrogens (primary N) is 1. The van der Waals surface area contributed by atoms with Crippen LogP contribution in [0.1, 0.15) is 19.5 Å². The molecule has 5 nitrogen and oxygen atoms in total. The van der Waals surface area contributed by atoms with Crippen molar-refractivity contribution in [1.82, 2.24) is 4.98 Å². The van der Waals surface area contributed by atoms with E-state index >= 15 is 0 Å². The van der Waals surface area contributed by atoms with Gasteiger partial charge in [0.2, 0.25) is 6.29 Å². The van der Waals surface area contributed by atoms with Gasteiger partial charge in [0.1, 0.15) is 0 Å². The van der Waals surface area contributed by atoms with Gasteiger partial charge in [0.25, 0.3) is 0 Å². The Morgan fingerprint density at radius 2 is 2.31 bits per heavy atom. The number of hydrogen-bond acceptors (Lipinski definition) is 5. The Bertz CT molecular complexity index is 449. The summed E-state index contributed by atoms with van der Waals surface area (Å²) in [5.74, 6) is -1.02. The largest absolute Gasteiger partial charge is 0.481 e. The number of anilines is 1. The summed E-state index contributed by atoms with van der Waals surface area (Å²) in [7, 11) is 0. The molecule has 0 saturated heterocycles. The van der Waals surface area contributed by atoms with E-state index in [9.17, 15) is 9.59 Å². The van der Waals surface area contributed by atoms with Crippen molar-refractivity contribution in [2.45, 2.75) is 13.8 Å². The molecule has 0 unspecified atom stereocenters. The maximum atomic E-state index is 10.9. The molecular weight excluding hydrogens is 228 g/mol. The number of thiazole rings is 1. The molecule has 85 valence electrons. The van der Waals surface area contributed by atoms with Crippen molar-refractivity contribution >= 4 is 34.3 Å². The molecule has 0 spiro atoms. The first-order valence-corrected chi connectivity index (χ1v) is 5.30. The summed E-state index contributed by atoms with van der Waals surface area (Å²) in [5.41, 5.74) is 4.75. The van der Waals surface area contributed by atoms with Crippen LogP contribution in [-0.4, -0.2) is 22.3 Å². The fraction of sp³-hybridized carbons (Fsp3) is 0.300. The molecule has 1 radical (unpaired) electrons. The van der Waals surface area contributed by atoms with E-state index < -0.39 is 11.4 Å². The van der Waals surface area contributed by atoms with Gasteiger partial charge in [-0.2, -0.15) is 0 Å². The van der Waals surface area contributed by atoms with E-state index in [0.717, 1.165) is 0 Å². The van der Waals surface area contributed by atoms with Crippen molar-refractivity contribution in [3.8, 4) is 0 Å². The highest BCUT2D eigenvalue weighted by Gasteiger charge is 2.25. The first kappa shape index (κ1) is 12.4. The molecule has 1 heterocycles. The topological polar surface area (TPSA) is 93.3 Å². The smallest absolute Gasteiger partial charge is 0.312 e. The van der Waals surface area contributed by atoms with Crippen LogP contribution in [0.2, 0.25) is 0 Å². The highest BCUT2D eigenvalue weighted by Crippen LogP contribution is 2.25. The third-order valence-electron chi connectivity index (χ3n) is 1.96. The van der Waals surface area contributed by atoms with Crippen molar-refractivity contribution in [2.24, 2.45) is 5.41 Å². The normalized spacial score (nSPS) is 12.5. The van der Waals surface area contributed by atoms with Gasteiger partial charge >= 0.3 is 5.97 Å². The van der Waals surface area contributed by atoms with Crippen molar-refractivity contribution in [2.75, 3.05) is 5.73 Å². The lowest BCUT2D eigenvalue weighted by molar-refractivity contribution is -0.144. The number of nitrogen functional groups attached to an aromatic ring is 1. The molecule has 0 aliphatic carbocycles. The maximum absolute atomic E-state index is 10.9. The van der Waals surface area contributed by atoms with Crippen LogP contribution in [0.15, 0.2) is 11.5 Å². The number of allylic oxidation sites excluding steroid dienone is 1. The summed E-state index contributed by atoms with van der Waals surface area (Å²) in [6.07, 6.45) is 3.00. The molecule has 0 amide bonds. The third-order valence-corrected chi connectivity index (χ3v) is 2.64. The first-order valence-electron chi connectivity index (χ1n) is 4.42. The van der Waals surface area contributed by atoms with Crippen molar-refractivity contribution in [3.05, 3.63) is 17.2 Å². The molecule has 0 saturated carbocycles. The summed E-state index contributed by atoms with van der Waals surface area (Å²) >= 11 is 1.18. The van der Waals surface area contributed by atoms with Crippen molar-refractivity contribution < 1.29 is 14.7 Å². The number of hydrogen-bond donors (Lipinski definition) is 2. The molecule has 6 heteroatoms. The van der Waals surface area contributed by atoms with Crippen LogP contribution in [0.5, 0.6) is 0 Å². The van der Waals surface area contributed by atoms with E-state index in [1.54, 1.807) is 11.7 Å². The Kier molecular flexibility index (Phi) is 3.44. The highest BCUT2D eigenvalue weighted by molar-refractivity contribution is 7.13. The Hall–Kier alpha value is -1.69. The molecule has 0 fully saturated rings. The molecule has 0 bridgehead atoms. The third kappa shape index (κ3) is 2.66. The maximum Gasteiger partial charge on any atom is 0.312 e. The van der Waals surface area contributed by atoms with Crippen LogP contribution in [0, 0.1) is 5.41 Å². The second kappa shape index (κ2) is 4.44. The summed E-state index contributed by atoms with van der Waals surface area (Å²) < 4.78 is 0. The molecule has 0 aromatic carbocycles. The van der Waals surface area contributed by atoms with Crippen molar-refractivity contribution in [1.29, 1.82) is 0 Å². The highest BCUT2D eigenvalue weighted by atomic mass is 32.1. The number of aromatic nitrogens is 1. The standard InChI is InChI=1S/C10H11N2O3S/c1-10(2,8(14)15)3-6(4-13)7-5-16-9(11)12-7/h3,5H,1-2H3,(H2,11,12)(H,14,15). The Labute approximate surface area is 96.6 Å². The molecular formula is C10H11N2O3S. The number of carbonyl (C=O) groups excluding carboxylic acids is 1. The Morgan fingerprint density at radius 3 is 2.69 bits per heavy atom. The molecule has 1 aromatic heterocycles. The predicted octanol–water partition coefficient (Wildman–Crippen LogP) is 1.33. The minimum Gasteiger partial charge on any atom is -0.481 e. The van der Waals surface area contributed by atoms with Gasteiger partial charge in [-0.05, 0) is 13.8 Å². The minimum atomic E-state index is -1.15. The average Bonchev–Trinajstić information content (AvgIpc) is 2.61. The van der Waals surface area contributed by atoms with Crippen molar-refractivity contribution in [3.63, 3.8) is 0 Å². The van der Waals surface area contributed by atoms with E-state index in [1.165, 1.54) is 31.3 Å². The van der Waals surface area contributed by atoms with Crippen LogP contribution >= 0.6 is 11.3 Å². The van der Waals surface area contributed by atoms with Crippen LogP contribution in [0.25, 0.3) is 5.57 Å². The fourth-order valence-electron chi connectivity index (χ4n) is 0.990. The summed E-state index contributed by atoms with van der Waals surface area (Å²) in [5, 5.41) is 10.8. The van der Waals surface area contributed by atoms with Crippen LogP contribution in [0.4, 0.5) is 5.13 Å². The number of carboxylic acid groups (broad SMARTS) is 1. The average molecular weight is 239 g/mol. The first-order chi connectivity index (χ1) is 7.36. The zero-order valence-corrected chi connectivity index (χ0v) is 9.67. The monoisotopic (exact) mass is 239 g/mol. The summed E-state index contributed by atoms with van der Waals surface area (Å²) in [6, 6.07) is 0. The Morgan fingerprint density at radius 1 is 1.69 bits per heavy atom. The predicted molar refractivity (Wildman–Crippen MR) is 61.6 cm³/mol.